The quantitative estimate of drug-likeness (QED) is 0.337. The first-order chi connectivity index (χ1) is 15.9. The molecule has 1 atom stereocenters. The average molecular weight is 529 g/mol. The maximum absolute atomic E-state index is 13.5. The van der Waals surface area contributed by atoms with Gasteiger partial charge < -0.3 is 15.1 Å². The van der Waals surface area contributed by atoms with E-state index in [9.17, 15) is 9.59 Å². The zero-order chi connectivity index (χ0) is 23.8. The third kappa shape index (κ3) is 7.44. The molecule has 0 saturated heterocycles. The Kier molecular flexibility index (Phi) is 9.09. The maximum Gasteiger partial charge on any atom is 0.322 e. The Hall–Kier alpha value is -2.64. The summed E-state index contributed by atoms with van der Waals surface area (Å²) in [5.74, 6) is -0.0744. The first-order valence-electron chi connectivity index (χ1n) is 11.1. The fourth-order valence-electron chi connectivity index (χ4n) is 3.45. The molecule has 0 aliphatic heterocycles. The second kappa shape index (κ2) is 12.0. The lowest BCUT2D eigenvalue weighted by Gasteiger charge is -2.31. The standard InChI is InChI=1S/C26H30BrN3O2S/c1-4-19(2)30(26(32)28-23-12-8-11-22(27)15-23)18-25(31)29(16-21-9-6-5-7-10-21)17-24-14-13-20(3)33-24/h5-15,19H,4,16-18H2,1-3H3,(H,28,32). The zero-order valence-electron chi connectivity index (χ0n) is 19.3. The smallest absolute Gasteiger partial charge is 0.322 e. The number of anilines is 1. The molecular formula is C26H30BrN3O2S. The molecule has 1 heterocycles. The highest BCUT2D eigenvalue weighted by atomic mass is 79.9. The lowest BCUT2D eigenvalue weighted by atomic mass is 10.2. The van der Waals surface area contributed by atoms with Crippen molar-refractivity contribution in [2.75, 3.05) is 11.9 Å². The molecule has 33 heavy (non-hydrogen) atoms. The summed E-state index contributed by atoms with van der Waals surface area (Å²) in [5.41, 5.74) is 1.75. The largest absolute Gasteiger partial charge is 0.332 e. The van der Waals surface area contributed by atoms with Gasteiger partial charge in [0.05, 0.1) is 6.54 Å². The zero-order valence-corrected chi connectivity index (χ0v) is 21.7. The first-order valence-corrected chi connectivity index (χ1v) is 12.7. The molecule has 0 radical (unpaired) electrons. The summed E-state index contributed by atoms with van der Waals surface area (Å²) < 4.78 is 0.881. The number of nitrogens with zero attached hydrogens (tertiary/aromatic N) is 2. The number of carbonyl (C=O) groups excluding carboxylic acids is 2. The van der Waals surface area contributed by atoms with Crippen molar-refractivity contribution in [2.45, 2.75) is 46.3 Å². The molecule has 0 saturated carbocycles. The molecule has 2 aromatic carbocycles. The fourth-order valence-corrected chi connectivity index (χ4v) is 4.76. The summed E-state index contributed by atoms with van der Waals surface area (Å²) in [6.45, 7) is 7.09. The Morgan fingerprint density at radius 1 is 1.03 bits per heavy atom. The maximum atomic E-state index is 13.5. The molecule has 0 fully saturated rings. The Bertz CT molecular complexity index is 1070. The minimum atomic E-state index is -0.276. The van der Waals surface area contributed by atoms with Crippen LogP contribution in [0.5, 0.6) is 0 Å². The van der Waals surface area contributed by atoms with Gasteiger partial charge in [0.25, 0.3) is 0 Å². The summed E-state index contributed by atoms with van der Waals surface area (Å²) in [6, 6.07) is 21.2. The van der Waals surface area contributed by atoms with Crippen molar-refractivity contribution in [1.29, 1.82) is 0 Å². The lowest BCUT2D eigenvalue weighted by Crippen LogP contribution is -2.47. The van der Waals surface area contributed by atoms with Crippen molar-refractivity contribution in [3.8, 4) is 0 Å². The summed E-state index contributed by atoms with van der Waals surface area (Å²) in [5, 5.41) is 2.93. The van der Waals surface area contributed by atoms with E-state index in [2.05, 4.69) is 40.3 Å². The Morgan fingerprint density at radius 2 is 1.79 bits per heavy atom. The van der Waals surface area contributed by atoms with Crippen molar-refractivity contribution < 1.29 is 9.59 Å². The summed E-state index contributed by atoms with van der Waals surface area (Å²) >= 11 is 5.12. The molecular weight excluding hydrogens is 498 g/mol. The highest BCUT2D eigenvalue weighted by molar-refractivity contribution is 9.10. The highest BCUT2D eigenvalue weighted by Crippen LogP contribution is 2.20. The lowest BCUT2D eigenvalue weighted by molar-refractivity contribution is -0.133. The van der Waals surface area contributed by atoms with Gasteiger partial charge in [0.15, 0.2) is 0 Å². The first kappa shape index (κ1) is 25.0. The van der Waals surface area contributed by atoms with Gasteiger partial charge in [-0.2, -0.15) is 0 Å². The van der Waals surface area contributed by atoms with Gasteiger partial charge >= 0.3 is 6.03 Å². The number of hydrogen-bond donors (Lipinski definition) is 1. The van der Waals surface area contributed by atoms with Gasteiger partial charge in [0, 0.05) is 32.5 Å². The van der Waals surface area contributed by atoms with Crippen molar-refractivity contribution in [3.05, 3.63) is 86.5 Å². The van der Waals surface area contributed by atoms with E-state index in [-0.39, 0.29) is 24.5 Å². The molecule has 1 N–H and O–H groups in total. The van der Waals surface area contributed by atoms with Gasteiger partial charge in [-0.1, -0.05) is 59.3 Å². The van der Waals surface area contributed by atoms with E-state index in [0.29, 0.717) is 18.8 Å². The van der Waals surface area contributed by atoms with E-state index < -0.39 is 0 Å². The number of rotatable bonds is 9. The van der Waals surface area contributed by atoms with Crippen LogP contribution in [0.4, 0.5) is 10.5 Å². The average Bonchev–Trinajstić information content (AvgIpc) is 3.21. The molecule has 3 aromatic rings. The molecule has 0 bridgehead atoms. The van der Waals surface area contributed by atoms with Crippen LogP contribution in [-0.2, 0) is 17.9 Å². The molecule has 0 aliphatic rings. The molecule has 3 amide bonds. The third-order valence-electron chi connectivity index (χ3n) is 5.48. The van der Waals surface area contributed by atoms with Crippen molar-refractivity contribution in [2.24, 2.45) is 0 Å². The molecule has 0 spiro atoms. The molecule has 174 valence electrons. The van der Waals surface area contributed by atoms with Crippen molar-refractivity contribution in [1.82, 2.24) is 9.80 Å². The van der Waals surface area contributed by atoms with Crippen molar-refractivity contribution in [3.63, 3.8) is 0 Å². The molecule has 1 unspecified atom stereocenters. The van der Waals surface area contributed by atoms with Crippen LogP contribution in [0, 0.1) is 6.92 Å². The van der Waals surface area contributed by atoms with E-state index in [4.69, 9.17) is 0 Å². The number of halogens is 1. The van der Waals surface area contributed by atoms with Gasteiger partial charge in [0.2, 0.25) is 5.91 Å². The molecule has 0 aliphatic carbocycles. The predicted molar refractivity (Wildman–Crippen MR) is 139 cm³/mol. The van der Waals surface area contributed by atoms with Crippen LogP contribution in [0.15, 0.2) is 71.2 Å². The van der Waals surface area contributed by atoms with Gasteiger partial charge in [-0.15, -0.1) is 11.3 Å². The van der Waals surface area contributed by atoms with Crippen molar-refractivity contribution >= 4 is 44.9 Å². The number of amides is 3. The molecule has 7 heteroatoms. The van der Waals surface area contributed by atoms with E-state index >= 15 is 0 Å². The monoisotopic (exact) mass is 527 g/mol. The van der Waals surface area contributed by atoms with E-state index in [1.54, 1.807) is 16.2 Å². The Labute approximate surface area is 208 Å². The molecule has 1 aromatic heterocycles. The second-order valence-electron chi connectivity index (χ2n) is 8.07. The van der Waals surface area contributed by atoms with Crippen LogP contribution in [0.25, 0.3) is 0 Å². The van der Waals surface area contributed by atoms with Crippen LogP contribution in [0.1, 0.15) is 35.6 Å². The number of hydrogen-bond acceptors (Lipinski definition) is 3. The number of aryl methyl sites for hydroxylation is 1. The minimum Gasteiger partial charge on any atom is -0.332 e. The van der Waals surface area contributed by atoms with Gasteiger partial charge in [-0.05, 0) is 56.2 Å². The third-order valence-corrected chi connectivity index (χ3v) is 6.96. The minimum absolute atomic E-state index is 0.0199. The number of benzene rings is 2. The van der Waals surface area contributed by atoms with Crippen LogP contribution in [0.2, 0.25) is 0 Å². The highest BCUT2D eigenvalue weighted by Gasteiger charge is 2.25. The summed E-state index contributed by atoms with van der Waals surface area (Å²) in [4.78, 5) is 32.4. The Balaban J connectivity index is 1.78. The molecule has 5 nitrogen and oxygen atoms in total. The van der Waals surface area contributed by atoms with E-state index in [1.807, 2.05) is 73.3 Å². The predicted octanol–water partition coefficient (Wildman–Crippen LogP) is 6.68. The van der Waals surface area contributed by atoms with Gasteiger partial charge in [0.1, 0.15) is 6.54 Å². The Morgan fingerprint density at radius 3 is 2.42 bits per heavy atom. The normalized spacial score (nSPS) is 11.6. The van der Waals surface area contributed by atoms with Crippen LogP contribution in [-0.4, -0.2) is 34.3 Å². The number of urea groups is 1. The van der Waals surface area contributed by atoms with Gasteiger partial charge in [-0.3, -0.25) is 4.79 Å². The summed E-state index contributed by atoms with van der Waals surface area (Å²) in [6.07, 6.45) is 0.752. The van der Waals surface area contributed by atoms with Gasteiger partial charge in [-0.25, -0.2) is 4.79 Å². The van der Waals surface area contributed by atoms with Crippen LogP contribution < -0.4 is 5.32 Å². The topological polar surface area (TPSA) is 52.7 Å². The molecule has 3 rings (SSSR count). The van der Waals surface area contributed by atoms with E-state index in [1.165, 1.54) is 4.88 Å². The van der Waals surface area contributed by atoms with Crippen LogP contribution in [0.3, 0.4) is 0 Å². The fraction of sp³-hybridized carbons (Fsp3) is 0.308. The summed E-state index contributed by atoms with van der Waals surface area (Å²) in [7, 11) is 0. The number of thiophene rings is 1. The SMILES string of the molecule is CCC(C)N(CC(=O)N(Cc1ccccc1)Cc1ccc(C)s1)C(=O)Nc1cccc(Br)c1. The number of nitrogens with one attached hydrogen (secondary N) is 1. The van der Waals surface area contributed by atoms with E-state index in [0.717, 1.165) is 21.3 Å². The second-order valence-corrected chi connectivity index (χ2v) is 10.4. The number of carbonyl (C=O) groups is 2. The van der Waals surface area contributed by atoms with Crippen LogP contribution >= 0.6 is 27.3 Å².